The Kier molecular flexibility index (Phi) is 3.64. The van der Waals surface area contributed by atoms with Crippen molar-refractivity contribution in [2.75, 3.05) is 31.1 Å². The molecule has 2 rings (SSSR count). The van der Waals surface area contributed by atoms with E-state index in [0.717, 1.165) is 31.3 Å². The highest BCUT2D eigenvalue weighted by atomic mass is 35.5. The molecule has 0 aromatic carbocycles. The van der Waals surface area contributed by atoms with Crippen molar-refractivity contribution < 1.29 is 0 Å². The fourth-order valence-corrected chi connectivity index (χ4v) is 2.77. The molecule has 2 heterocycles. The SMILES string of the molecule is CC(C#N)N1CCN(c2nc(Cl)cs2)CC1. The maximum Gasteiger partial charge on any atom is 0.186 e. The van der Waals surface area contributed by atoms with E-state index in [9.17, 15) is 0 Å². The number of hydrogen-bond acceptors (Lipinski definition) is 5. The van der Waals surface area contributed by atoms with Gasteiger partial charge in [0.2, 0.25) is 0 Å². The van der Waals surface area contributed by atoms with Crippen LogP contribution in [0.25, 0.3) is 0 Å². The molecule has 0 N–H and O–H groups in total. The van der Waals surface area contributed by atoms with Crippen molar-refractivity contribution in [2.45, 2.75) is 13.0 Å². The second-order valence-corrected chi connectivity index (χ2v) is 5.00. The zero-order chi connectivity index (χ0) is 11.5. The summed E-state index contributed by atoms with van der Waals surface area (Å²) in [5, 5.41) is 12.2. The molecule has 0 bridgehead atoms. The summed E-state index contributed by atoms with van der Waals surface area (Å²) < 4.78 is 0. The van der Waals surface area contributed by atoms with Crippen LogP contribution in [0.4, 0.5) is 5.13 Å². The van der Waals surface area contributed by atoms with Crippen LogP contribution >= 0.6 is 22.9 Å². The molecule has 86 valence electrons. The zero-order valence-electron chi connectivity index (χ0n) is 9.06. The van der Waals surface area contributed by atoms with E-state index in [1.807, 2.05) is 12.3 Å². The predicted octanol–water partition coefficient (Wildman–Crippen LogP) is 1.83. The summed E-state index contributed by atoms with van der Waals surface area (Å²) in [6.07, 6.45) is 0. The smallest absolute Gasteiger partial charge is 0.186 e. The fraction of sp³-hybridized carbons (Fsp3) is 0.600. The van der Waals surface area contributed by atoms with Crippen molar-refractivity contribution in [1.82, 2.24) is 9.88 Å². The number of anilines is 1. The molecule has 6 heteroatoms. The molecule has 1 fully saturated rings. The van der Waals surface area contributed by atoms with E-state index in [4.69, 9.17) is 16.9 Å². The van der Waals surface area contributed by atoms with E-state index in [1.165, 1.54) is 0 Å². The van der Waals surface area contributed by atoms with Gasteiger partial charge in [-0.15, -0.1) is 11.3 Å². The first kappa shape index (κ1) is 11.6. The first-order valence-corrected chi connectivity index (χ1v) is 6.46. The maximum atomic E-state index is 8.84. The number of hydrogen-bond donors (Lipinski definition) is 0. The molecular formula is C10H13ClN4S. The van der Waals surface area contributed by atoms with E-state index in [-0.39, 0.29) is 6.04 Å². The van der Waals surface area contributed by atoms with Gasteiger partial charge >= 0.3 is 0 Å². The first-order valence-electron chi connectivity index (χ1n) is 5.20. The Labute approximate surface area is 104 Å². The Morgan fingerprint density at radius 2 is 2.19 bits per heavy atom. The lowest BCUT2D eigenvalue weighted by Gasteiger charge is -2.35. The topological polar surface area (TPSA) is 43.2 Å². The van der Waals surface area contributed by atoms with Crippen LogP contribution in [-0.2, 0) is 0 Å². The second-order valence-electron chi connectivity index (χ2n) is 3.78. The zero-order valence-corrected chi connectivity index (χ0v) is 10.6. The van der Waals surface area contributed by atoms with Crippen LogP contribution in [-0.4, -0.2) is 42.1 Å². The van der Waals surface area contributed by atoms with Crippen molar-refractivity contribution in [1.29, 1.82) is 5.26 Å². The molecule has 0 saturated carbocycles. The average Bonchev–Trinajstić information content (AvgIpc) is 2.75. The van der Waals surface area contributed by atoms with Crippen LogP contribution in [0.5, 0.6) is 0 Å². The van der Waals surface area contributed by atoms with E-state index < -0.39 is 0 Å². The van der Waals surface area contributed by atoms with Gasteiger partial charge in [-0.25, -0.2) is 4.98 Å². The maximum absolute atomic E-state index is 8.84. The molecule has 4 nitrogen and oxygen atoms in total. The average molecular weight is 257 g/mol. The van der Waals surface area contributed by atoms with Crippen molar-refractivity contribution in [3.8, 4) is 6.07 Å². The van der Waals surface area contributed by atoms with Gasteiger partial charge in [0.15, 0.2) is 5.13 Å². The summed E-state index contributed by atoms with van der Waals surface area (Å²) in [4.78, 5) is 8.66. The quantitative estimate of drug-likeness (QED) is 0.810. The monoisotopic (exact) mass is 256 g/mol. The molecule has 0 amide bonds. The minimum Gasteiger partial charge on any atom is -0.345 e. The van der Waals surface area contributed by atoms with Gasteiger partial charge in [0.25, 0.3) is 0 Å². The van der Waals surface area contributed by atoms with Crippen molar-refractivity contribution >= 4 is 28.1 Å². The number of thiazole rings is 1. The first-order chi connectivity index (χ1) is 7.70. The molecule has 0 aliphatic carbocycles. The highest BCUT2D eigenvalue weighted by molar-refractivity contribution is 7.14. The normalized spacial score (nSPS) is 19.4. The Balaban J connectivity index is 1.93. The molecule has 0 spiro atoms. The number of piperazine rings is 1. The number of nitriles is 1. The standard InChI is InChI=1S/C10H13ClN4S/c1-8(6-12)14-2-4-15(5-3-14)10-13-9(11)7-16-10/h7-8H,2-5H2,1H3. The lowest BCUT2D eigenvalue weighted by Crippen LogP contribution is -2.49. The highest BCUT2D eigenvalue weighted by Gasteiger charge is 2.22. The molecule has 1 saturated heterocycles. The molecule has 0 radical (unpaired) electrons. The molecule has 1 aliphatic rings. The van der Waals surface area contributed by atoms with Crippen LogP contribution in [0.1, 0.15) is 6.92 Å². The van der Waals surface area contributed by atoms with Crippen LogP contribution < -0.4 is 4.90 Å². The van der Waals surface area contributed by atoms with Crippen LogP contribution in [0, 0.1) is 11.3 Å². The molecule has 1 atom stereocenters. The highest BCUT2D eigenvalue weighted by Crippen LogP contribution is 2.24. The Morgan fingerprint density at radius 3 is 2.69 bits per heavy atom. The summed E-state index contributed by atoms with van der Waals surface area (Å²) in [6, 6.07) is 2.27. The van der Waals surface area contributed by atoms with Gasteiger partial charge in [0, 0.05) is 31.6 Å². The summed E-state index contributed by atoms with van der Waals surface area (Å²) >= 11 is 7.37. The van der Waals surface area contributed by atoms with Crippen LogP contribution in [0.15, 0.2) is 5.38 Å². The van der Waals surface area contributed by atoms with Gasteiger partial charge in [-0.1, -0.05) is 11.6 Å². The second kappa shape index (κ2) is 5.00. The summed E-state index contributed by atoms with van der Waals surface area (Å²) in [5.74, 6) is 0. The van der Waals surface area contributed by atoms with E-state index in [0.29, 0.717) is 5.15 Å². The van der Waals surface area contributed by atoms with Crippen LogP contribution in [0.2, 0.25) is 5.15 Å². The van der Waals surface area contributed by atoms with E-state index in [2.05, 4.69) is 20.9 Å². The van der Waals surface area contributed by atoms with Gasteiger partial charge in [0.1, 0.15) is 5.15 Å². The number of rotatable bonds is 2. The molecule has 1 aromatic heterocycles. The minimum atomic E-state index is 0.00188. The third kappa shape index (κ3) is 2.46. The molecule has 16 heavy (non-hydrogen) atoms. The molecular weight excluding hydrogens is 244 g/mol. The Morgan fingerprint density at radius 1 is 1.50 bits per heavy atom. The summed E-state index contributed by atoms with van der Waals surface area (Å²) in [7, 11) is 0. The largest absolute Gasteiger partial charge is 0.345 e. The molecule has 1 aromatic rings. The van der Waals surface area contributed by atoms with E-state index in [1.54, 1.807) is 11.3 Å². The third-order valence-electron chi connectivity index (χ3n) is 2.78. The fourth-order valence-electron chi connectivity index (χ4n) is 1.77. The van der Waals surface area contributed by atoms with Crippen molar-refractivity contribution in [3.05, 3.63) is 10.5 Å². The van der Waals surface area contributed by atoms with Crippen molar-refractivity contribution in [2.24, 2.45) is 0 Å². The minimum absolute atomic E-state index is 0.00188. The molecule has 1 aliphatic heterocycles. The van der Waals surface area contributed by atoms with Crippen molar-refractivity contribution in [3.63, 3.8) is 0 Å². The Bertz CT molecular complexity index is 392. The van der Waals surface area contributed by atoms with Gasteiger partial charge in [0.05, 0.1) is 12.1 Å². The van der Waals surface area contributed by atoms with Gasteiger partial charge in [-0.3, -0.25) is 4.90 Å². The van der Waals surface area contributed by atoms with Crippen LogP contribution in [0.3, 0.4) is 0 Å². The summed E-state index contributed by atoms with van der Waals surface area (Å²) in [6.45, 7) is 5.58. The molecule has 1 unspecified atom stereocenters. The van der Waals surface area contributed by atoms with Gasteiger partial charge < -0.3 is 4.90 Å². The lowest BCUT2D eigenvalue weighted by atomic mass is 10.2. The Hall–Kier alpha value is -0.830. The van der Waals surface area contributed by atoms with Gasteiger partial charge in [-0.2, -0.15) is 5.26 Å². The van der Waals surface area contributed by atoms with Gasteiger partial charge in [-0.05, 0) is 6.92 Å². The van der Waals surface area contributed by atoms with E-state index >= 15 is 0 Å². The predicted molar refractivity (Wildman–Crippen MR) is 66.0 cm³/mol. The number of halogens is 1. The number of nitrogens with zero attached hydrogens (tertiary/aromatic N) is 4. The third-order valence-corrected chi connectivity index (χ3v) is 4.01. The number of aromatic nitrogens is 1. The lowest BCUT2D eigenvalue weighted by molar-refractivity contribution is 0.231. The summed E-state index contributed by atoms with van der Waals surface area (Å²) in [5.41, 5.74) is 0.